The highest BCUT2D eigenvalue weighted by Crippen LogP contribution is 2.17. The van der Waals surface area contributed by atoms with Gasteiger partial charge in [0, 0.05) is 50.2 Å². The van der Waals surface area contributed by atoms with E-state index < -0.39 is 0 Å². The van der Waals surface area contributed by atoms with Crippen LogP contribution in [0.25, 0.3) is 0 Å². The van der Waals surface area contributed by atoms with Crippen molar-refractivity contribution < 1.29 is 14.3 Å². The number of hydrogen-bond acceptors (Lipinski definition) is 6. The maximum atomic E-state index is 12.8. The van der Waals surface area contributed by atoms with Crippen molar-refractivity contribution in [2.24, 2.45) is 0 Å². The van der Waals surface area contributed by atoms with Gasteiger partial charge in [-0.1, -0.05) is 0 Å². The molecule has 0 atom stereocenters. The van der Waals surface area contributed by atoms with Crippen molar-refractivity contribution in [3.05, 3.63) is 46.4 Å². The molecule has 4 rings (SSSR count). The summed E-state index contributed by atoms with van der Waals surface area (Å²) < 4.78 is 5.70. The van der Waals surface area contributed by atoms with Crippen LogP contribution in [0.5, 0.6) is 5.75 Å². The molecule has 0 saturated carbocycles. The molecule has 2 saturated heterocycles. The Hall–Kier alpha value is -2.45. The maximum absolute atomic E-state index is 12.8. The highest BCUT2D eigenvalue weighted by Gasteiger charge is 2.25. The van der Waals surface area contributed by atoms with Crippen LogP contribution in [0.1, 0.15) is 28.9 Å². The standard InChI is InChI=1S/C21H26N4O3S/c26-20(24-7-1-2-8-24)13-23-9-11-25(12-10-23)21(27)17-3-5-19(6-4-17)28-14-18-15-29-16-22-18/h3-6,15-16H,1-2,7-14H2. The van der Waals surface area contributed by atoms with Crippen LogP contribution in [-0.2, 0) is 11.4 Å². The fourth-order valence-corrected chi connectivity index (χ4v) is 4.25. The fraction of sp³-hybridized carbons (Fsp3) is 0.476. The summed E-state index contributed by atoms with van der Waals surface area (Å²) in [6.07, 6.45) is 2.23. The van der Waals surface area contributed by atoms with E-state index in [2.05, 4.69) is 9.88 Å². The second-order valence-corrected chi connectivity index (χ2v) is 8.17. The van der Waals surface area contributed by atoms with Crippen LogP contribution < -0.4 is 4.74 Å². The Morgan fingerprint density at radius 2 is 1.69 bits per heavy atom. The minimum absolute atomic E-state index is 0.0292. The van der Waals surface area contributed by atoms with E-state index >= 15 is 0 Å². The molecule has 0 N–H and O–H groups in total. The summed E-state index contributed by atoms with van der Waals surface area (Å²) in [6, 6.07) is 7.26. The van der Waals surface area contributed by atoms with E-state index in [1.165, 1.54) is 0 Å². The SMILES string of the molecule is O=C(CN1CCN(C(=O)c2ccc(OCc3cscn3)cc2)CC1)N1CCCC1. The van der Waals surface area contributed by atoms with Gasteiger partial charge >= 0.3 is 0 Å². The average molecular weight is 415 g/mol. The largest absolute Gasteiger partial charge is 0.487 e. The van der Waals surface area contributed by atoms with E-state index in [9.17, 15) is 9.59 Å². The number of piperazine rings is 1. The normalized spacial score (nSPS) is 17.5. The van der Waals surface area contributed by atoms with Gasteiger partial charge in [0.2, 0.25) is 5.91 Å². The monoisotopic (exact) mass is 414 g/mol. The van der Waals surface area contributed by atoms with Gasteiger partial charge in [-0.3, -0.25) is 14.5 Å². The molecule has 29 heavy (non-hydrogen) atoms. The summed E-state index contributed by atoms with van der Waals surface area (Å²) in [5.74, 6) is 0.969. The molecule has 3 heterocycles. The van der Waals surface area contributed by atoms with E-state index in [4.69, 9.17) is 4.74 Å². The maximum Gasteiger partial charge on any atom is 0.253 e. The summed E-state index contributed by atoms with van der Waals surface area (Å²) in [5, 5.41) is 1.95. The quantitative estimate of drug-likeness (QED) is 0.724. The molecule has 1 aromatic heterocycles. The number of rotatable bonds is 6. The predicted octanol–water partition coefficient (Wildman–Crippen LogP) is 2.10. The Morgan fingerprint density at radius 1 is 0.966 bits per heavy atom. The Labute approximate surface area is 174 Å². The van der Waals surface area contributed by atoms with Crippen LogP contribution in [0.2, 0.25) is 0 Å². The first kappa shape index (κ1) is 19.8. The summed E-state index contributed by atoms with van der Waals surface area (Å²) in [4.78, 5) is 35.2. The molecule has 7 nitrogen and oxygen atoms in total. The van der Waals surface area contributed by atoms with Gasteiger partial charge < -0.3 is 14.5 Å². The Kier molecular flexibility index (Phi) is 6.41. The zero-order valence-electron chi connectivity index (χ0n) is 16.5. The van der Waals surface area contributed by atoms with E-state index in [-0.39, 0.29) is 11.8 Å². The number of carbonyl (C=O) groups excluding carboxylic acids is 2. The lowest BCUT2D eigenvalue weighted by atomic mass is 10.1. The van der Waals surface area contributed by atoms with E-state index in [0.29, 0.717) is 31.8 Å². The van der Waals surface area contributed by atoms with Gasteiger partial charge in [0.15, 0.2) is 0 Å². The first-order valence-corrected chi connectivity index (χ1v) is 11.0. The van der Waals surface area contributed by atoms with E-state index in [1.807, 2.05) is 39.4 Å². The highest BCUT2D eigenvalue weighted by molar-refractivity contribution is 7.07. The lowest BCUT2D eigenvalue weighted by Gasteiger charge is -2.35. The van der Waals surface area contributed by atoms with Crippen molar-refractivity contribution in [3.8, 4) is 5.75 Å². The van der Waals surface area contributed by atoms with Crippen molar-refractivity contribution in [1.29, 1.82) is 0 Å². The molecule has 0 spiro atoms. The van der Waals surface area contributed by atoms with Gasteiger partial charge in [-0.05, 0) is 37.1 Å². The lowest BCUT2D eigenvalue weighted by molar-refractivity contribution is -0.131. The van der Waals surface area contributed by atoms with Gasteiger partial charge in [-0.25, -0.2) is 4.98 Å². The van der Waals surface area contributed by atoms with Gasteiger partial charge in [0.25, 0.3) is 5.91 Å². The molecular weight excluding hydrogens is 388 g/mol. The van der Waals surface area contributed by atoms with Crippen molar-refractivity contribution in [3.63, 3.8) is 0 Å². The van der Waals surface area contributed by atoms with Gasteiger partial charge in [-0.2, -0.15) is 0 Å². The van der Waals surface area contributed by atoms with E-state index in [0.717, 1.165) is 50.5 Å². The molecular formula is C21H26N4O3S. The third kappa shape index (κ3) is 5.13. The number of nitrogens with zero attached hydrogens (tertiary/aromatic N) is 4. The zero-order chi connectivity index (χ0) is 20.1. The van der Waals surface area contributed by atoms with Crippen molar-refractivity contribution in [1.82, 2.24) is 19.7 Å². The van der Waals surface area contributed by atoms with Crippen LogP contribution in [0.4, 0.5) is 0 Å². The number of likely N-dealkylation sites (tertiary alicyclic amines) is 1. The first-order chi connectivity index (χ1) is 14.2. The molecule has 2 fully saturated rings. The number of hydrogen-bond donors (Lipinski definition) is 0. The highest BCUT2D eigenvalue weighted by atomic mass is 32.1. The number of benzene rings is 1. The van der Waals surface area contributed by atoms with Crippen molar-refractivity contribution in [2.75, 3.05) is 45.8 Å². The molecule has 2 aromatic rings. The van der Waals surface area contributed by atoms with Crippen LogP contribution in [0.3, 0.4) is 0 Å². The number of ether oxygens (including phenoxy) is 1. The van der Waals surface area contributed by atoms with Crippen molar-refractivity contribution in [2.45, 2.75) is 19.4 Å². The Morgan fingerprint density at radius 3 is 2.34 bits per heavy atom. The van der Waals surface area contributed by atoms with Crippen LogP contribution >= 0.6 is 11.3 Å². The Bertz CT molecular complexity index is 811. The number of thiazole rings is 1. The predicted molar refractivity (Wildman–Crippen MR) is 111 cm³/mol. The third-order valence-electron chi connectivity index (χ3n) is 5.45. The number of aromatic nitrogens is 1. The van der Waals surface area contributed by atoms with Crippen molar-refractivity contribution >= 4 is 23.2 Å². The van der Waals surface area contributed by atoms with Crippen LogP contribution in [0, 0.1) is 0 Å². The average Bonchev–Trinajstić information content (AvgIpc) is 3.47. The smallest absolute Gasteiger partial charge is 0.253 e. The van der Waals surface area contributed by atoms with Gasteiger partial charge in [0.1, 0.15) is 12.4 Å². The molecule has 1 aromatic carbocycles. The molecule has 0 bridgehead atoms. The molecule has 0 radical (unpaired) electrons. The second kappa shape index (κ2) is 9.37. The minimum atomic E-state index is 0.0292. The summed E-state index contributed by atoms with van der Waals surface area (Å²) in [6.45, 7) is 5.44. The van der Waals surface area contributed by atoms with Gasteiger partial charge in [0.05, 0.1) is 17.7 Å². The summed E-state index contributed by atoms with van der Waals surface area (Å²) >= 11 is 1.54. The number of amides is 2. The summed E-state index contributed by atoms with van der Waals surface area (Å²) in [7, 11) is 0. The molecule has 0 unspecified atom stereocenters. The zero-order valence-corrected chi connectivity index (χ0v) is 17.3. The minimum Gasteiger partial charge on any atom is -0.487 e. The van der Waals surface area contributed by atoms with Crippen LogP contribution in [0.15, 0.2) is 35.2 Å². The molecule has 2 aliphatic rings. The number of carbonyl (C=O) groups is 2. The molecule has 2 amide bonds. The lowest BCUT2D eigenvalue weighted by Crippen LogP contribution is -2.51. The van der Waals surface area contributed by atoms with E-state index in [1.54, 1.807) is 16.8 Å². The first-order valence-electron chi connectivity index (χ1n) is 10.1. The topological polar surface area (TPSA) is 66.0 Å². The third-order valence-corrected chi connectivity index (χ3v) is 6.08. The molecule has 154 valence electrons. The van der Waals surface area contributed by atoms with Crippen LogP contribution in [-0.4, -0.2) is 77.3 Å². The summed E-state index contributed by atoms with van der Waals surface area (Å²) in [5.41, 5.74) is 3.34. The Balaban J connectivity index is 1.24. The molecule has 8 heteroatoms. The van der Waals surface area contributed by atoms with Gasteiger partial charge in [-0.15, -0.1) is 11.3 Å². The second-order valence-electron chi connectivity index (χ2n) is 7.45. The fourth-order valence-electron chi connectivity index (χ4n) is 3.71. The molecule has 2 aliphatic heterocycles. The molecule has 0 aliphatic carbocycles.